The van der Waals surface area contributed by atoms with Gasteiger partial charge in [-0.25, -0.2) is 8.78 Å². The normalized spacial score (nSPS) is 12.0. The molecule has 0 radical (unpaired) electrons. The molecule has 0 aliphatic rings. The van der Waals surface area contributed by atoms with Gasteiger partial charge in [-0.05, 0) is 48.2 Å². The molecule has 6 heteroatoms. The molecule has 2 rings (SSSR count). The maximum Gasteiger partial charge on any atom is 0.179 e. The lowest BCUT2D eigenvalue weighted by Gasteiger charge is -2.14. The van der Waals surface area contributed by atoms with Crippen molar-refractivity contribution in [1.29, 1.82) is 0 Å². The highest BCUT2D eigenvalue weighted by Crippen LogP contribution is 2.23. The average Bonchev–Trinajstić information content (AvgIpc) is 2.59. The number of carbonyl (C=O) groups excluding carboxylic acids is 1. The van der Waals surface area contributed by atoms with Crippen LogP contribution in [0.2, 0.25) is 0 Å². The molecule has 24 heavy (non-hydrogen) atoms. The van der Waals surface area contributed by atoms with Gasteiger partial charge in [-0.2, -0.15) is 0 Å². The van der Waals surface area contributed by atoms with Gasteiger partial charge in [-0.3, -0.25) is 4.79 Å². The van der Waals surface area contributed by atoms with Crippen LogP contribution in [0, 0.1) is 11.6 Å². The van der Waals surface area contributed by atoms with Gasteiger partial charge in [0.05, 0.1) is 18.0 Å². The highest BCUT2D eigenvalue weighted by Gasteiger charge is 2.19. The first-order valence-electron chi connectivity index (χ1n) is 7.43. The van der Waals surface area contributed by atoms with Gasteiger partial charge in [0.1, 0.15) is 17.4 Å². The standard InChI is InChI=1S/C18H18BrF2NO2/c1-24-13-5-2-11(3-6-13)4-7-16(22)12-8-14(20)18(15(21)9-12)17(23)10-19/h2-3,5-6,8-9,16H,4,7,10,22H2,1H3. The van der Waals surface area contributed by atoms with E-state index in [2.05, 4.69) is 15.9 Å². The fourth-order valence-electron chi connectivity index (χ4n) is 2.42. The second-order valence-corrected chi connectivity index (χ2v) is 5.97. The van der Waals surface area contributed by atoms with Crippen molar-refractivity contribution in [2.24, 2.45) is 5.73 Å². The lowest BCUT2D eigenvalue weighted by atomic mass is 9.97. The molecular formula is C18H18BrF2NO2. The number of rotatable bonds is 7. The van der Waals surface area contributed by atoms with Crippen molar-refractivity contribution in [2.45, 2.75) is 18.9 Å². The highest BCUT2D eigenvalue weighted by molar-refractivity contribution is 9.09. The molecule has 0 aromatic heterocycles. The Morgan fingerprint density at radius 2 is 1.79 bits per heavy atom. The third-order valence-corrected chi connectivity index (χ3v) is 4.31. The summed E-state index contributed by atoms with van der Waals surface area (Å²) < 4.78 is 33.1. The molecule has 3 nitrogen and oxygen atoms in total. The zero-order valence-electron chi connectivity index (χ0n) is 13.2. The van der Waals surface area contributed by atoms with Crippen molar-refractivity contribution in [3.05, 3.63) is 64.7 Å². The number of methoxy groups -OCH3 is 1. The van der Waals surface area contributed by atoms with E-state index in [0.717, 1.165) is 23.4 Å². The molecule has 0 fully saturated rings. The number of ether oxygens (including phenoxy) is 1. The van der Waals surface area contributed by atoms with Crippen LogP contribution in [0.3, 0.4) is 0 Å². The van der Waals surface area contributed by atoms with Crippen molar-refractivity contribution in [3.63, 3.8) is 0 Å². The summed E-state index contributed by atoms with van der Waals surface area (Å²) >= 11 is 2.91. The van der Waals surface area contributed by atoms with Crippen molar-refractivity contribution in [1.82, 2.24) is 0 Å². The van der Waals surface area contributed by atoms with E-state index in [1.807, 2.05) is 24.3 Å². The summed E-state index contributed by atoms with van der Waals surface area (Å²) in [5.41, 5.74) is 6.91. The predicted octanol–water partition coefficient (Wildman–Crippen LogP) is 4.18. The minimum absolute atomic E-state index is 0.135. The molecule has 0 saturated carbocycles. The van der Waals surface area contributed by atoms with Gasteiger partial charge in [0, 0.05) is 6.04 Å². The van der Waals surface area contributed by atoms with E-state index in [0.29, 0.717) is 18.4 Å². The van der Waals surface area contributed by atoms with Crippen molar-refractivity contribution in [3.8, 4) is 5.75 Å². The zero-order chi connectivity index (χ0) is 17.7. The van der Waals surface area contributed by atoms with Crippen LogP contribution in [0.4, 0.5) is 8.78 Å². The number of alkyl halides is 1. The van der Waals surface area contributed by atoms with Gasteiger partial charge in [0.25, 0.3) is 0 Å². The molecule has 1 unspecified atom stereocenters. The Hall–Kier alpha value is -1.79. The Labute approximate surface area is 147 Å². The number of Topliss-reactive ketones (excluding diaryl/α,β-unsaturated/α-hetero) is 1. The van der Waals surface area contributed by atoms with E-state index < -0.39 is 29.0 Å². The molecule has 1 atom stereocenters. The van der Waals surface area contributed by atoms with Crippen LogP contribution in [-0.2, 0) is 6.42 Å². The molecule has 2 aromatic carbocycles. The first-order valence-corrected chi connectivity index (χ1v) is 8.55. The summed E-state index contributed by atoms with van der Waals surface area (Å²) in [4.78, 5) is 11.5. The quantitative estimate of drug-likeness (QED) is 0.562. The molecule has 0 amide bonds. The lowest BCUT2D eigenvalue weighted by Crippen LogP contribution is -2.14. The summed E-state index contributed by atoms with van der Waals surface area (Å²) in [5, 5.41) is -0.135. The molecule has 128 valence electrons. The average molecular weight is 398 g/mol. The molecule has 0 aliphatic carbocycles. The number of benzene rings is 2. The van der Waals surface area contributed by atoms with Gasteiger partial charge in [-0.15, -0.1) is 0 Å². The molecule has 0 heterocycles. The third kappa shape index (κ3) is 4.39. The summed E-state index contributed by atoms with van der Waals surface area (Å²) in [6.45, 7) is 0. The van der Waals surface area contributed by atoms with Gasteiger partial charge < -0.3 is 10.5 Å². The second kappa shape index (κ2) is 8.35. The number of hydrogen-bond acceptors (Lipinski definition) is 3. The van der Waals surface area contributed by atoms with E-state index in [1.165, 1.54) is 0 Å². The summed E-state index contributed by atoms with van der Waals surface area (Å²) in [6, 6.07) is 9.29. The van der Waals surface area contributed by atoms with E-state index >= 15 is 0 Å². The summed E-state index contributed by atoms with van der Waals surface area (Å²) in [7, 11) is 1.60. The molecule has 2 N–H and O–H groups in total. The summed E-state index contributed by atoms with van der Waals surface area (Å²) in [6.07, 6.45) is 1.19. The molecular weight excluding hydrogens is 380 g/mol. The van der Waals surface area contributed by atoms with Crippen molar-refractivity contribution < 1.29 is 18.3 Å². The van der Waals surface area contributed by atoms with Crippen molar-refractivity contribution >= 4 is 21.7 Å². The Morgan fingerprint density at radius 1 is 1.21 bits per heavy atom. The van der Waals surface area contributed by atoms with Crippen LogP contribution < -0.4 is 10.5 Å². The number of nitrogens with two attached hydrogens (primary N) is 1. The first-order chi connectivity index (χ1) is 11.5. The number of hydrogen-bond donors (Lipinski definition) is 1. The molecule has 2 aromatic rings. The van der Waals surface area contributed by atoms with Crippen LogP contribution >= 0.6 is 15.9 Å². The number of aryl methyl sites for hydroxylation is 1. The minimum Gasteiger partial charge on any atom is -0.497 e. The third-order valence-electron chi connectivity index (χ3n) is 3.80. The molecule has 0 spiro atoms. The Kier molecular flexibility index (Phi) is 6.45. The predicted molar refractivity (Wildman–Crippen MR) is 92.7 cm³/mol. The molecule has 0 bridgehead atoms. The molecule has 0 saturated heterocycles. The Bertz CT molecular complexity index is 696. The SMILES string of the molecule is COc1ccc(CCC(N)c2cc(F)c(C(=O)CBr)c(F)c2)cc1. The van der Waals surface area contributed by atoms with E-state index in [4.69, 9.17) is 10.5 Å². The Morgan fingerprint density at radius 3 is 2.29 bits per heavy atom. The largest absolute Gasteiger partial charge is 0.497 e. The maximum atomic E-state index is 14.0. The topological polar surface area (TPSA) is 52.3 Å². The Balaban J connectivity index is 2.09. The minimum atomic E-state index is -0.880. The first kappa shape index (κ1) is 18.5. The summed E-state index contributed by atoms with van der Waals surface area (Å²) in [5.74, 6) is -1.63. The van der Waals surface area contributed by atoms with Crippen LogP contribution in [-0.4, -0.2) is 18.2 Å². The van der Waals surface area contributed by atoms with E-state index in [9.17, 15) is 13.6 Å². The number of halogens is 3. The zero-order valence-corrected chi connectivity index (χ0v) is 14.8. The van der Waals surface area contributed by atoms with Crippen LogP contribution in [0.5, 0.6) is 5.75 Å². The maximum absolute atomic E-state index is 14.0. The van der Waals surface area contributed by atoms with Crippen LogP contribution in [0.25, 0.3) is 0 Å². The van der Waals surface area contributed by atoms with Gasteiger partial charge in [0.15, 0.2) is 5.78 Å². The number of ketones is 1. The van der Waals surface area contributed by atoms with Crippen molar-refractivity contribution in [2.75, 3.05) is 12.4 Å². The number of carbonyl (C=O) groups is 1. The fraction of sp³-hybridized carbons (Fsp3) is 0.278. The van der Waals surface area contributed by atoms with Gasteiger partial charge in [0.2, 0.25) is 0 Å². The second-order valence-electron chi connectivity index (χ2n) is 5.41. The lowest BCUT2D eigenvalue weighted by molar-refractivity contribution is 0.101. The van der Waals surface area contributed by atoms with E-state index in [-0.39, 0.29) is 5.33 Å². The van der Waals surface area contributed by atoms with E-state index in [1.54, 1.807) is 7.11 Å². The smallest absolute Gasteiger partial charge is 0.179 e. The highest BCUT2D eigenvalue weighted by atomic mass is 79.9. The molecule has 0 aliphatic heterocycles. The van der Waals surface area contributed by atoms with Crippen LogP contribution in [0.15, 0.2) is 36.4 Å². The monoisotopic (exact) mass is 397 g/mol. The van der Waals surface area contributed by atoms with Gasteiger partial charge >= 0.3 is 0 Å². The van der Waals surface area contributed by atoms with Gasteiger partial charge in [-0.1, -0.05) is 28.1 Å². The fourth-order valence-corrected chi connectivity index (χ4v) is 2.70. The van der Waals surface area contributed by atoms with Crippen LogP contribution in [0.1, 0.15) is 33.9 Å².